The van der Waals surface area contributed by atoms with Gasteiger partial charge in [-0.15, -0.1) is 11.8 Å². The van der Waals surface area contributed by atoms with Crippen molar-refractivity contribution in [1.82, 2.24) is 10.2 Å². The first-order chi connectivity index (χ1) is 13.7. The van der Waals surface area contributed by atoms with Crippen molar-refractivity contribution < 1.29 is 23.9 Å². The van der Waals surface area contributed by atoms with Gasteiger partial charge in [0.05, 0.1) is 0 Å². The summed E-state index contributed by atoms with van der Waals surface area (Å²) in [6.07, 6.45) is 1.56. The van der Waals surface area contributed by atoms with Gasteiger partial charge in [0.25, 0.3) is 11.8 Å². The lowest BCUT2D eigenvalue weighted by Crippen LogP contribution is -2.71. The van der Waals surface area contributed by atoms with Crippen molar-refractivity contribution in [1.29, 1.82) is 0 Å². The molecule has 1 saturated heterocycles. The van der Waals surface area contributed by atoms with Crippen molar-refractivity contribution >= 4 is 29.5 Å². The molecule has 0 aliphatic carbocycles. The highest BCUT2D eigenvalue weighted by Gasteiger charge is 2.54. The highest BCUT2D eigenvalue weighted by atomic mass is 32.2. The smallest absolute Gasteiger partial charge is 0.355 e. The quantitative estimate of drug-likeness (QED) is 0.566. The Morgan fingerprint density at radius 3 is 2.62 bits per heavy atom. The van der Waals surface area contributed by atoms with Crippen LogP contribution in [0.25, 0.3) is 0 Å². The van der Waals surface area contributed by atoms with Gasteiger partial charge in [-0.25, -0.2) is 4.79 Å². The number of para-hydroxylation sites is 1. The van der Waals surface area contributed by atoms with Crippen molar-refractivity contribution in [3.63, 3.8) is 0 Å². The number of fused-ring (bicyclic) bond motifs is 1. The summed E-state index contributed by atoms with van der Waals surface area (Å²) in [6.45, 7) is 8.84. The first-order valence-electron chi connectivity index (χ1n) is 9.22. The van der Waals surface area contributed by atoms with E-state index in [9.17, 15) is 14.4 Å². The van der Waals surface area contributed by atoms with Gasteiger partial charge in [-0.1, -0.05) is 30.9 Å². The van der Waals surface area contributed by atoms with Crippen LogP contribution in [0.2, 0.25) is 0 Å². The van der Waals surface area contributed by atoms with Crippen molar-refractivity contribution in [3.05, 3.63) is 54.3 Å². The molecule has 2 amide bonds. The number of rotatable bonds is 6. The summed E-state index contributed by atoms with van der Waals surface area (Å²) in [7, 11) is 0. The fourth-order valence-electron chi connectivity index (χ4n) is 3.00. The molecule has 2 aliphatic rings. The third kappa shape index (κ3) is 4.64. The number of hydrogen-bond donors (Lipinski definition) is 1. The molecule has 2 aliphatic heterocycles. The lowest BCUT2D eigenvalue weighted by atomic mass is 10.0. The number of nitrogens with zero attached hydrogens (tertiary/aromatic N) is 1. The Bertz CT molecular complexity index is 860. The molecular formula is C21H24N2O5S. The fourth-order valence-corrected chi connectivity index (χ4v) is 4.34. The van der Waals surface area contributed by atoms with E-state index in [-0.39, 0.29) is 23.6 Å². The van der Waals surface area contributed by atoms with E-state index in [1.54, 1.807) is 51.1 Å². The second-order valence-electron chi connectivity index (χ2n) is 7.64. The SMILES string of the molecule is C=CC1=C(C(=O)OC(C)(C)C)N2C(=O)[C@@H](NC(=O)COc3ccccc3)[C@@H]2SC1. The van der Waals surface area contributed by atoms with Crippen LogP contribution < -0.4 is 10.1 Å². The number of hydrogen-bond acceptors (Lipinski definition) is 6. The monoisotopic (exact) mass is 416 g/mol. The Balaban J connectivity index is 1.66. The Kier molecular flexibility index (Phi) is 6.02. The molecule has 2 atom stereocenters. The van der Waals surface area contributed by atoms with Crippen molar-refractivity contribution in [2.24, 2.45) is 0 Å². The second kappa shape index (κ2) is 8.32. The Hall–Kier alpha value is -2.74. The summed E-state index contributed by atoms with van der Waals surface area (Å²) in [6, 6.07) is 8.24. The van der Waals surface area contributed by atoms with Crippen LogP contribution in [0.1, 0.15) is 20.8 Å². The van der Waals surface area contributed by atoms with Crippen LogP contribution in [-0.4, -0.2) is 52.1 Å². The Morgan fingerprint density at radius 1 is 1.31 bits per heavy atom. The average molecular weight is 416 g/mol. The number of carbonyl (C=O) groups is 3. The summed E-state index contributed by atoms with van der Waals surface area (Å²) in [5.74, 6) is -0.245. The number of benzene rings is 1. The molecule has 0 aromatic heterocycles. The Labute approximate surface area is 174 Å². The number of β-lactam (4-membered cyclic amide) rings is 1. The van der Waals surface area contributed by atoms with E-state index < -0.39 is 23.5 Å². The van der Waals surface area contributed by atoms with Gasteiger partial charge in [0, 0.05) is 5.75 Å². The van der Waals surface area contributed by atoms with E-state index in [1.165, 1.54) is 16.7 Å². The molecule has 0 spiro atoms. The molecular weight excluding hydrogens is 392 g/mol. The number of nitrogens with one attached hydrogen (secondary N) is 1. The minimum atomic E-state index is -0.712. The van der Waals surface area contributed by atoms with E-state index in [0.717, 1.165) is 0 Å². The molecule has 0 bridgehead atoms. The maximum absolute atomic E-state index is 12.7. The molecule has 8 heteroatoms. The molecule has 2 heterocycles. The van der Waals surface area contributed by atoms with E-state index in [4.69, 9.17) is 9.47 Å². The van der Waals surface area contributed by atoms with Crippen LogP contribution >= 0.6 is 11.8 Å². The van der Waals surface area contributed by atoms with E-state index >= 15 is 0 Å². The maximum Gasteiger partial charge on any atom is 0.355 e. The summed E-state index contributed by atoms with van der Waals surface area (Å²) < 4.78 is 10.9. The minimum absolute atomic E-state index is 0.197. The molecule has 0 radical (unpaired) electrons. The molecule has 154 valence electrons. The molecule has 0 unspecified atom stereocenters. The molecule has 1 N–H and O–H groups in total. The van der Waals surface area contributed by atoms with E-state index in [0.29, 0.717) is 17.1 Å². The first-order valence-corrected chi connectivity index (χ1v) is 10.3. The molecule has 1 fully saturated rings. The predicted molar refractivity (Wildman–Crippen MR) is 110 cm³/mol. The summed E-state index contributed by atoms with van der Waals surface area (Å²) in [5.41, 5.74) is 0.160. The second-order valence-corrected chi connectivity index (χ2v) is 8.74. The van der Waals surface area contributed by atoms with Crippen LogP contribution in [0.15, 0.2) is 54.3 Å². The van der Waals surface area contributed by atoms with Crippen LogP contribution in [-0.2, 0) is 19.1 Å². The van der Waals surface area contributed by atoms with Crippen molar-refractivity contribution in [2.45, 2.75) is 37.8 Å². The molecule has 0 saturated carbocycles. The van der Waals surface area contributed by atoms with Gasteiger partial charge in [0.15, 0.2) is 6.61 Å². The van der Waals surface area contributed by atoms with E-state index in [1.807, 2.05) is 6.07 Å². The highest BCUT2D eigenvalue weighted by molar-refractivity contribution is 8.00. The summed E-state index contributed by atoms with van der Waals surface area (Å²) in [4.78, 5) is 39.0. The number of esters is 1. The third-order valence-electron chi connectivity index (χ3n) is 4.27. The van der Waals surface area contributed by atoms with Gasteiger partial charge >= 0.3 is 5.97 Å². The van der Waals surface area contributed by atoms with Gasteiger partial charge in [-0.2, -0.15) is 0 Å². The zero-order chi connectivity index (χ0) is 21.2. The number of amides is 2. The molecule has 1 aromatic carbocycles. The standard InChI is InChI=1S/C21H24N2O5S/c1-5-13-12-29-19-16(22-15(24)11-27-14-9-7-6-8-10-14)18(25)23(19)17(13)20(26)28-21(2,3)4/h5-10,16,19H,1,11-12H2,2-4H3,(H,22,24)/t16-,19+/m1/s1. The zero-order valence-electron chi connectivity index (χ0n) is 16.6. The highest BCUT2D eigenvalue weighted by Crippen LogP contribution is 2.41. The number of carbonyl (C=O) groups excluding carboxylic acids is 3. The van der Waals surface area contributed by atoms with Gasteiger partial charge in [0.1, 0.15) is 28.5 Å². The molecule has 29 heavy (non-hydrogen) atoms. The fraction of sp³-hybridized carbons (Fsp3) is 0.381. The average Bonchev–Trinajstić information content (AvgIpc) is 2.68. The predicted octanol–water partition coefficient (Wildman–Crippen LogP) is 2.25. The van der Waals surface area contributed by atoms with Crippen LogP contribution in [0.5, 0.6) is 5.75 Å². The minimum Gasteiger partial charge on any atom is -0.484 e. The van der Waals surface area contributed by atoms with Gasteiger partial charge in [0.2, 0.25) is 0 Å². The topological polar surface area (TPSA) is 84.9 Å². The van der Waals surface area contributed by atoms with Crippen molar-refractivity contribution in [3.8, 4) is 5.75 Å². The lowest BCUT2D eigenvalue weighted by molar-refractivity contribution is -0.159. The molecule has 3 rings (SSSR count). The lowest BCUT2D eigenvalue weighted by Gasteiger charge is -2.49. The third-order valence-corrected chi connectivity index (χ3v) is 5.57. The summed E-state index contributed by atoms with van der Waals surface area (Å²) >= 11 is 1.47. The molecule has 1 aromatic rings. The number of thioether (sulfide) groups is 1. The number of allylic oxidation sites excluding steroid dienone is 1. The van der Waals surface area contributed by atoms with Crippen LogP contribution in [0, 0.1) is 0 Å². The first kappa shape index (κ1) is 21.0. The van der Waals surface area contributed by atoms with Gasteiger partial charge in [-0.05, 0) is 38.5 Å². The van der Waals surface area contributed by atoms with E-state index in [2.05, 4.69) is 11.9 Å². The van der Waals surface area contributed by atoms with Crippen LogP contribution in [0.3, 0.4) is 0 Å². The van der Waals surface area contributed by atoms with Crippen LogP contribution in [0.4, 0.5) is 0 Å². The van der Waals surface area contributed by atoms with Gasteiger partial charge < -0.3 is 14.8 Å². The summed E-state index contributed by atoms with van der Waals surface area (Å²) in [5, 5.41) is 2.33. The largest absolute Gasteiger partial charge is 0.484 e. The normalized spacial score (nSPS) is 21.1. The molecule has 7 nitrogen and oxygen atoms in total. The van der Waals surface area contributed by atoms with Crippen molar-refractivity contribution in [2.75, 3.05) is 12.4 Å². The maximum atomic E-state index is 12.7. The number of ether oxygens (including phenoxy) is 2. The van der Waals surface area contributed by atoms with Gasteiger partial charge in [-0.3, -0.25) is 14.5 Å². The zero-order valence-corrected chi connectivity index (χ0v) is 17.5. The Morgan fingerprint density at radius 2 is 2.00 bits per heavy atom.